The Kier molecular flexibility index (Phi) is 2.93. The van der Waals surface area contributed by atoms with Gasteiger partial charge in [-0.25, -0.2) is 18.3 Å². The molecule has 0 unspecified atom stereocenters. The molecule has 4 nitrogen and oxygen atoms in total. The molecule has 0 fully saturated rings. The molecule has 1 aromatic heterocycles. The Balaban J connectivity index is 1.93. The summed E-state index contributed by atoms with van der Waals surface area (Å²) in [5.74, 6) is -1.02. The molecule has 1 aliphatic rings. The van der Waals surface area contributed by atoms with E-state index in [1.54, 1.807) is 4.57 Å². The summed E-state index contributed by atoms with van der Waals surface area (Å²) in [6.45, 7) is 0.849. The highest BCUT2D eigenvalue weighted by molar-refractivity contribution is 5.18. The van der Waals surface area contributed by atoms with Gasteiger partial charge in [0.25, 0.3) is 0 Å². The van der Waals surface area contributed by atoms with E-state index in [4.69, 9.17) is 0 Å². The van der Waals surface area contributed by atoms with Crippen LogP contribution in [0.2, 0.25) is 0 Å². The minimum absolute atomic E-state index is 0.163. The van der Waals surface area contributed by atoms with E-state index in [1.165, 1.54) is 10.7 Å². The maximum absolute atomic E-state index is 13.1. The Hall–Kier alpha value is -1.98. The van der Waals surface area contributed by atoms with Gasteiger partial charge in [-0.1, -0.05) is 6.07 Å². The van der Waals surface area contributed by atoms with Crippen molar-refractivity contribution in [2.75, 3.05) is 0 Å². The van der Waals surface area contributed by atoms with Crippen LogP contribution in [0.25, 0.3) is 0 Å². The molecule has 0 N–H and O–H groups in total. The van der Waals surface area contributed by atoms with Crippen molar-refractivity contribution < 1.29 is 8.78 Å². The molecule has 0 aliphatic carbocycles. The molecule has 0 radical (unpaired) electrons. The van der Waals surface area contributed by atoms with Gasteiger partial charge in [-0.15, -0.1) is 0 Å². The van der Waals surface area contributed by atoms with E-state index >= 15 is 0 Å². The first kappa shape index (κ1) is 12.1. The van der Waals surface area contributed by atoms with Crippen LogP contribution in [-0.2, 0) is 19.5 Å². The molecule has 0 atom stereocenters. The van der Waals surface area contributed by atoms with Crippen molar-refractivity contribution in [2.45, 2.75) is 32.4 Å². The van der Waals surface area contributed by atoms with Crippen LogP contribution in [0.4, 0.5) is 8.78 Å². The molecule has 0 saturated heterocycles. The van der Waals surface area contributed by atoms with E-state index in [2.05, 4.69) is 5.10 Å². The molecule has 100 valence electrons. The fourth-order valence-electron chi connectivity index (χ4n) is 2.36. The lowest BCUT2D eigenvalue weighted by Gasteiger charge is -2.09. The van der Waals surface area contributed by atoms with Crippen LogP contribution in [0.1, 0.15) is 24.2 Å². The number of benzene rings is 1. The van der Waals surface area contributed by atoms with Crippen LogP contribution in [0.15, 0.2) is 23.0 Å². The molecule has 3 rings (SSSR count). The van der Waals surface area contributed by atoms with Crippen LogP contribution in [0.5, 0.6) is 0 Å². The molecular weight excluding hydrogens is 252 g/mol. The number of rotatable bonds is 2. The lowest BCUT2D eigenvalue weighted by Crippen LogP contribution is -2.27. The molecule has 1 aliphatic heterocycles. The van der Waals surface area contributed by atoms with Crippen LogP contribution < -0.4 is 5.69 Å². The van der Waals surface area contributed by atoms with Crippen molar-refractivity contribution in [2.24, 2.45) is 0 Å². The van der Waals surface area contributed by atoms with Crippen molar-refractivity contribution in [3.63, 3.8) is 0 Å². The van der Waals surface area contributed by atoms with E-state index < -0.39 is 11.6 Å². The zero-order valence-corrected chi connectivity index (χ0v) is 10.3. The lowest BCUT2D eigenvalue weighted by molar-refractivity contribution is 0.504. The number of halogens is 2. The second-order valence-corrected chi connectivity index (χ2v) is 4.71. The molecule has 0 saturated carbocycles. The van der Waals surface area contributed by atoms with Crippen LogP contribution in [0.3, 0.4) is 0 Å². The van der Waals surface area contributed by atoms with Crippen molar-refractivity contribution in [1.29, 1.82) is 0 Å². The number of fused-ring (bicyclic) bond motifs is 1. The predicted molar refractivity (Wildman–Crippen MR) is 64.9 cm³/mol. The summed E-state index contributed by atoms with van der Waals surface area (Å²) in [6, 6.07) is 3.62. The number of hydrogen-bond acceptors (Lipinski definition) is 2. The van der Waals surface area contributed by atoms with Crippen LogP contribution in [-0.4, -0.2) is 14.3 Å². The van der Waals surface area contributed by atoms with Crippen LogP contribution >= 0.6 is 0 Å². The SMILES string of the molecule is O=c1n(Cc2ccc(F)c(F)c2)nc2n1CCCC2. The Labute approximate surface area is 108 Å². The third-order valence-electron chi connectivity index (χ3n) is 3.35. The second-order valence-electron chi connectivity index (χ2n) is 4.71. The van der Waals surface area contributed by atoms with Gasteiger partial charge in [-0.2, -0.15) is 5.10 Å². The van der Waals surface area contributed by atoms with Crippen molar-refractivity contribution in [1.82, 2.24) is 14.3 Å². The fourth-order valence-corrected chi connectivity index (χ4v) is 2.36. The first-order valence-electron chi connectivity index (χ1n) is 6.25. The van der Waals surface area contributed by atoms with Gasteiger partial charge < -0.3 is 0 Å². The Bertz CT molecular complexity index is 675. The fraction of sp³-hybridized carbons (Fsp3) is 0.385. The molecule has 0 bridgehead atoms. The van der Waals surface area contributed by atoms with Gasteiger partial charge in [0.05, 0.1) is 6.54 Å². The largest absolute Gasteiger partial charge is 0.346 e. The molecule has 0 spiro atoms. The highest BCUT2D eigenvalue weighted by atomic mass is 19.2. The Morgan fingerprint density at radius 3 is 2.79 bits per heavy atom. The molecule has 19 heavy (non-hydrogen) atoms. The van der Waals surface area contributed by atoms with E-state index in [0.29, 0.717) is 12.1 Å². The quantitative estimate of drug-likeness (QED) is 0.829. The monoisotopic (exact) mass is 265 g/mol. The Morgan fingerprint density at radius 2 is 2.05 bits per heavy atom. The van der Waals surface area contributed by atoms with E-state index in [-0.39, 0.29) is 12.2 Å². The highest BCUT2D eigenvalue weighted by Gasteiger charge is 2.16. The average Bonchev–Trinajstić information content (AvgIpc) is 2.72. The van der Waals surface area contributed by atoms with Gasteiger partial charge >= 0.3 is 5.69 Å². The molecular formula is C13H13F2N3O. The summed E-state index contributed by atoms with van der Waals surface area (Å²) in [5, 5.41) is 4.25. The standard InChI is InChI=1S/C13H13F2N3O/c14-10-5-4-9(7-11(10)15)8-18-13(19)17-6-2-1-3-12(17)16-18/h4-5,7H,1-3,6,8H2. The van der Waals surface area contributed by atoms with Crippen molar-refractivity contribution >= 4 is 0 Å². The molecule has 1 aromatic carbocycles. The summed E-state index contributed by atoms with van der Waals surface area (Å²) < 4.78 is 28.9. The van der Waals surface area contributed by atoms with Crippen molar-refractivity contribution in [3.05, 3.63) is 51.7 Å². The number of aryl methyl sites for hydroxylation is 1. The Morgan fingerprint density at radius 1 is 1.21 bits per heavy atom. The van der Waals surface area contributed by atoms with Gasteiger partial charge in [-0.05, 0) is 30.5 Å². The summed E-state index contributed by atoms with van der Waals surface area (Å²) in [4.78, 5) is 12.1. The van der Waals surface area contributed by atoms with Gasteiger partial charge in [0.15, 0.2) is 11.6 Å². The topological polar surface area (TPSA) is 39.8 Å². The second kappa shape index (κ2) is 4.60. The zero-order chi connectivity index (χ0) is 13.4. The zero-order valence-electron chi connectivity index (χ0n) is 10.3. The molecule has 2 heterocycles. The van der Waals surface area contributed by atoms with Gasteiger partial charge in [0.2, 0.25) is 0 Å². The minimum atomic E-state index is -0.908. The van der Waals surface area contributed by atoms with Crippen molar-refractivity contribution in [3.8, 4) is 0 Å². The normalized spacial score (nSPS) is 14.4. The third kappa shape index (κ3) is 2.18. The summed E-state index contributed by atoms with van der Waals surface area (Å²) >= 11 is 0. The van der Waals surface area contributed by atoms with E-state index in [9.17, 15) is 13.6 Å². The number of nitrogens with zero attached hydrogens (tertiary/aromatic N) is 3. The maximum atomic E-state index is 13.1. The maximum Gasteiger partial charge on any atom is 0.346 e. The first-order valence-corrected chi connectivity index (χ1v) is 6.25. The number of hydrogen-bond donors (Lipinski definition) is 0. The summed E-state index contributed by atoms with van der Waals surface area (Å²) in [7, 11) is 0. The summed E-state index contributed by atoms with van der Waals surface area (Å²) in [5.41, 5.74) is 0.343. The third-order valence-corrected chi connectivity index (χ3v) is 3.35. The predicted octanol–water partition coefficient (Wildman–Crippen LogP) is 1.71. The summed E-state index contributed by atoms with van der Waals surface area (Å²) in [6.07, 6.45) is 2.80. The van der Waals surface area contributed by atoms with Crippen LogP contribution in [0, 0.1) is 11.6 Å². The van der Waals surface area contributed by atoms with E-state index in [1.807, 2.05) is 0 Å². The molecule has 2 aromatic rings. The van der Waals surface area contributed by atoms with Gasteiger partial charge in [-0.3, -0.25) is 4.57 Å². The highest BCUT2D eigenvalue weighted by Crippen LogP contribution is 2.12. The smallest absolute Gasteiger partial charge is 0.279 e. The minimum Gasteiger partial charge on any atom is -0.279 e. The average molecular weight is 265 g/mol. The molecule has 6 heteroatoms. The lowest BCUT2D eigenvalue weighted by atomic mass is 10.2. The van der Waals surface area contributed by atoms with Gasteiger partial charge in [0, 0.05) is 13.0 Å². The van der Waals surface area contributed by atoms with E-state index in [0.717, 1.165) is 37.2 Å². The number of aromatic nitrogens is 3. The molecule has 0 amide bonds. The van der Waals surface area contributed by atoms with Gasteiger partial charge in [0.1, 0.15) is 5.82 Å². The first-order chi connectivity index (χ1) is 9.15.